The Morgan fingerprint density at radius 3 is 3.00 bits per heavy atom. The molecule has 1 aliphatic rings. The van der Waals surface area contributed by atoms with Crippen LogP contribution in [0.2, 0.25) is 0 Å². The maximum atomic E-state index is 5.39. The summed E-state index contributed by atoms with van der Waals surface area (Å²) in [5, 5.41) is 25.6. The molecule has 0 unspecified atom stereocenters. The molecular weight excluding hydrogens is 348 g/mol. The van der Waals surface area contributed by atoms with Crippen molar-refractivity contribution in [1.82, 2.24) is 25.7 Å². The van der Waals surface area contributed by atoms with Gasteiger partial charge in [-0.2, -0.15) is 5.10 Å². The number of H-pyrrole nitrogens is 1. The lowest BCUT2D eigenvalue weighted by atomic mass is 10.0. The molecule has 3 aromatic rings. The summed E-state index contributed by atoms with van der Waals surface area (Å²) in [6, 6.07) is 6.18. The molecule has 0 atom stereocenters. The number of fused-ring (bicyclic) bond motifs is 1. The number of aromatic amines is 1. The molecule has 0 aliphatic carbocycles. The van der Waals surface area contributed by atoms with E-state index in [-0.39, 0.29) is 0 Å². The Hall–Kier alpha value is -2.03. The van der Waals surface area contributed by atoms with Crippen molar-refractivity contribution in [1.29, 1.82) is 0 Å². The van der Waals surface area contributed by atoms with E-state index in [1.165, 1.54) is 12.8 Å². The van der Waals surface area contributed by atoms with E-state index in [2.05, 4.69) is 37.1 Å². The normalized spacial score (nSPS) is 15.6. The fourth-order valence-electron chi connectivity index (χ4n) is 3.20. The second-order valence-electron chi connectivity index (χ2n) is 6.68. The highest BCUT2D eigenvalue weighted by atomic mass is 32.1. The van der Waals surface area contributed by atoms with Crippen LogP contribution in [0.25, 0.3) is 21.5 Å². The average molecular weight is 372 g/mol. The predicted molar refractivity (Wildman–Crippen MR) is 105 cm³/mol. The summed E-state index contributed by atoms with van der Waals surface area (Å²) < 4.78 is 5.39. The standard InChI is InChI=1S/C18H24N6OS/c1-12-15-10-14(2-3-16(15)22-21-12)17-23-24-18(26-17)20-7-6-19-11-13-4-8-25-9-5-13/h2-3,10,13,19H,4-9,11H2,1H3,(H,20,24)(H,21,22). The lowest BCUT2D eigenvalue weighted by Gasteiger charge is -2.22. The molecule has 0 bridgehead atoms. The Bertz CT molecular complexity index is 854. The molecule has 8 heteroatoms. The SMILES string of the molecule is Cc1[nH]nc2ccc(-c3nnc(NCCNCC4CCOCC4)s3)cc12. The summed E-state index contributed by atoms with van der Waals surface area (Å²) in [4.78, 5) is 0. The predicted octanol–water partition coefficient (Wildman–Crippen LogP) is 2.82. The van der Waals surface area contributed by atoms with E-state index in [4.69, 9.17) is 4.74 Å². The maximum Gasteiger partial charge on any atom is 0.206 e. The van der Waals surface area contributed by atoms with Crippen molar-refractivity contribution >= 4 is 27.4 Å². The molecule has 0 amide bonds. The van der Waals surface area contributed by atoms with Crippen LogP contribution < -0.4 is 10.6 Å². The van der Waals surface area contributed by atoms with Gasteiger partial charge in [-0.1, -0.05) is 11.3 Å². The van der Waals surface area contributed by atoms with Gasteiger partial charge in [0, 0.05) is 42.9 Å². The third-order valence-electron chi connectivity index (χ3n) is 4.77. The van der Waals surface area contributed by atoms with Crippen molar-refractivity contribution in [2.75, 3.05) is 38.2 Å². The van der Waals surface area contributed by atoms with Gasteiger partial charge < -0.3 is 15.4 Å². The summed E-state index contributed by atoms with van der Waals surface area (Å²) >= 11 is 1.58. The van der Waals surface area contributed by atoms with E-state index < -0.39 is 0 Å². The zero-order valence-electron chi connectivity index (χ0n) is 14.9. The highest BCUT2D eigenvalue weighted by molar-refractivity contribution is 7.18. The van der Waals surface area contributed by atoms with Crippen molar-refractivity contribution in [3.05, 3.63) is 23.9 Å². The van der Waals surface area contributed by atoms with Crippen LogP contribution in [0.15, 0.2) is 18.2 Å². The molecule has 1 fully saturated rings. The number of benzene rings is 1. The Kier molecular flexibility index (Phi) is 5.42. The van der Waals surface area contributed by atoms with Gasteiger partial charge in [0.25, 0.3) is 0 Å². The molecule has 1 saturated heterocycles. The van der Waals surface area contributed by atoms with Crippen LogP contribution in [0, 0.1) is 12.8 Å². The smallest absolute Gasteiger partial charge is 0.206 e. The van der Waals surface area contributed by atoms with E-state index in [9.17, 15) is 0 Å². The highest BCUT2D eigenvalue weighted by Gasteiger charge is 2.13. The zero-order chi connectivity index (χ0) is 17.8. The van der Waals surface area contributed by atoms with Crippen molar-refractivity contribution in [2.24, 2.45) is 5.92 Å². The number of nitrogens with one attached hydrogen (secondary N) is 3. The minimum atomic E-state index is 0.748. The van der Waals surface area contributed by atoms with Gasteiger partial charge in [0.1, 0.15) is 5.01 Å². The number of ether oxygens (including phenoxy) is 1. The number of aryl methyl sites for hydroxylation is 1. The fraction of sp³-hybridized carbons (Fsp3) is 0.500. The summed E-state index contributed by atoms with van der Waals surface area (Å²) in [5.74, 6) is 0.748. The van der Waals surface area contributed by atoms with Crippen LogP contribution in [-0.4, -0.2) is 53.2 Å². The van der Waals surface area contributed by atoms with Crippen LogP contribution >= 0.6 is 11.3 Å². The molecule has 1 aromatic carbocycles. The molecule has 7 nitrogen and oxygen atoms in total. The monoisotopic (exact) mass is 372 g/mol. The van der Waals surface area contributed by atoms with Crippen LogP contribution in [0.3, 0.4) is 0 Å². The van der Waals surface area contributed by atoms with Gasteiger partial charge in [-0.3, -0.25) is 5.10 Å². The van der Waals surface area contributed by atoms with Crippen LogP contribution in [-0.2, 0) is 4.74 Å². The van der Waals surface area contributed by atoms with Gasteiger partial charge in [-0.25, -0.2) is 0 Å². The summed E-state index contributed by atoms with van der Waals surface area (Å²) in [6.45, 7) is 6.67. The van der Waals surface area contributed by atoms with Gasteiger partial charge in [0.05, 0.1) is 5.52 Å². The Morgan fingerprint density at radius 1 is 1.23 bits per heavy atom. The Balaban J connectivity index is 1.28. The van der Waals surface area contributed by atoms with Gasteiger partial charge in [0.15, 0.2) is 0 Å². The second kappa shape index (κ2) is 8.11. The minimum Gasteiger partial charge on any atom is -0.381 e. The summed E-state index contributed by atoms with van der Waals surface area (Å²) in [7, 11) is 0. The first-order valence-corrected chi connectivity index (χ1v) is 9.92. The minimum absolute atomic E-state index is 0.748. The van der Waals surface area contributed by atoms with Gasteiger partial charge >= 0.3 is 0 Å². The molecule has 3 heterocycles. The molecular formula is C18H24N6OS. The van der Waals surface area contributed by atoms with Crippen molar-refractivity contribution in [3.63, 3.8) is 0 Å². The van der Waals surface area contributed by atoms with E-state index in [1.807, 2.05) is 19.1 Å². The Morgan fingerprint density at radius 2 is 2.12 bits per heavy atom. The highest BCUT2D eigenvalue weighted by Crippen LogP contribution is 2.29. The van der Waals surface area contributed by atoms with Crippen molar-refractivity contribution in [3.8, 4) is 10.6 Å². The van der Waals surface area contributed by atoms with E-state index in [0.717, 1.165) is 71.1 Å². The first-order chi connectivity index (χ1) is 12.8. The summed E-state index contributed by atoms with van der Waals surface area (Å²) in [6.07, 6.45) is 2.33. The first kappa shape index (κ1) is 17.4. The van der Waals surface area contributed by atoms with E-state index >= 15 is 0 Å². The van der Waals surface area contributed by atoms with E-state index in [0.29, 0.717) is 0 Å². The average Bonchev–Trinajstić information content (AvgIpc) is 3.29. The molecule has 26 heavy (non-hydrogen) atoms. The zero-order valence-corrected chi connectivity index (χ0v) is 15.7. The number of rotatable bonds is 7. The number of hydrogen-bond donors (Lipinski definition) is 3. The number of hydrogen-bond acceptors (Lipinski definition) is 7. The number of aromatic nitrogens is 4. The lowest BCUT2D eigenvalue weighted by molar-refractivity contribution is 0.0664. The lowest BCUT2D eigenvalue weighted by Crippen LogP contribution is -2.30. The molecule has 3 N–H and O–H groups in total. The third-order valence-corrected chi connectivity index (χ3v) is 5.70. The number of anilines is 1. The van der Waals surface area contributed by atoms with Gasteiger partial charge in [-0.15, -0.1) is 10.2 Å². The summed E-state index contributed by atoms with van der Waals surface area (Å²) in [5.41, 5.74) is 3.12. The quantitative estimate of drug-likeness (QED) is 0.553. The van der Waals surface area contributed by atoms with Crippen molar-refractivity contribution < 1.29 is 4.74 Å². The number of nitrogens with zero attached hydrogens (tertiary/aromatic N) is 3. The van der Waals surface area contributed by atoms with Gasteiger partial charge in [0.2, 0.25) is 5.13 Å². The fourth-order valence-corrected chi connectivity index (χ4v) is 3.96. The van der Waals surface area contributed by atoms with Crippen LogP contribution in [0.4, 0.5) is 5.13 Å². The molecule has 1 aliphatic heterocycles. The second-order valence-corrected chi connectivity index (χ2v) is 7.66. The van der Waals surface area contributed by atoms with Crippen molar-refractivity contribution in [2.45, 2.75) is 19.8 Å². The molecule has 2 aromatic heterocycles. The topological polar surface area (TPSA) is 87.8 Å². The van der Waals surface area contributed by atoms with Crippen LogP contribution in [0.1, 0.15) is 18.5 Å². The molecule has 0 saturated carbocycles. The van der Waals surface area contributed by atoms with E-state index in [1.54, 1.807) is 11.3 Å². The van der Waals surface area contributed by atoms with Crippen LogP contribution in [0.5, 0.6) is 0 Å². The largest absolute Gasteiger partial charge is 0.381 e. The molecule has 0 radical (unpaired) electrons. The Labute approximate surface area is 156 Å². The molecule has 138 valence electrons. The molecule has 4 rings (SSSR count). The van der Waals surface area contributed by atoms with Gasteiger partial charge in [-0.05, 0) is 50.4 Å². The maximum absolute atomic E-state index is 5.39. The molecule has 0 spiro atoms. The third kappa shape index (κ3) is 4.03. The first-order valence-electron chi connectivity index (χ1n) is 9.10.